The Morgan fingerprint density at radius 3 is 2.50 bits per heavy atom. The summed E-state index contributed by atoms with van der Waals surface area (Å²) in [6, 6.07) is 19.6. The van der Waals surface area contributed by atoms with Crippen molar-refractivity contribution in [1.29, 1.82) is 0 Å². The van der Waals surface area contributed by atoms with Crippen molar-refractivity contribution in [3.63, 3.8) is 0 Å². The molecule has 4 rings (SSSR count). The van der Waals surface area contributed by atoms with E-state index in [4.69, 9.17) is 18.9 Å². The lowest BCUT2D eigenvalue weighted by atomic mass is 9.98. The third-order valence-corrected chi connectivity index (χ3v) is 4.55. The molecule has 1 fully saturated rings. The second-order valence-corrected chi connectivity index (χ2v) is 6.30. The molecular formula is C21H20O5. The summed E-state index contributed by atoms with van der Waals surface area (Å²) in [5, 5.41) is 0. The fraction of sp³-hybridized carbons (Fsp3) is 0.286. The van der Waals surface area contributed by atoms with E-state index < -0.39 is 18.5 Å². The fourth-order valence-corrected chi connectivity index (χ4v) is 3.18. The summed E-state index contributed by atoms with van der Waals surface area (Å²) in [6.45, 7) is 0.762. The summed E-state index contributed by atoms with van der Waals surface area (Å²) in [5.74, 6) is 0. The molecule has 1 saturated heterocycles. The van der Waals surface area contributed by atoms with Crippen molar-refractivity contribution >= 4 is 6.29 Å². The van der Waals surface area contributed by atoms with Crippen molar-refractivity contribution in [2.24, 2.45) is 0 Å². The van der Waals surface area contributed by atoms with Crippen molar-refractivity contribution in [2.75, 3.05) is 6.61 Å². The molecule has 2 aliphatic rings. The molecule has 0 unspecified atom stereocenters. The first kappa shape index (κ1) is 17.0. The Balaban J connectivity index is 1.52. The largest absolute Gasteiger partial charge is 0.492 e. The zero-order chi connectivity index (χ0) is 17.8. The lowest BCUT2D eigenvalue weighted by Gasteiger charge is -2.42. The molecule has 134 valence electrons. The van der Waals surface area contributed by atoms with E-state index in [1.54, 1.807) is 0 Å². The lowest BCUT2D eigenvalue weighted by Crippen LogP contribution is -2.52. The Kier molecular flexibility index (Phi) is 5.11. The van der Waals surface area contributed by atoms with Crippen LogP contribution in [-0.2, 0) is 30.3 Å². The quantitative estimate of drug-likeness (QED) is 0.774. The number of ether oxygens (including phenoxy) is 4. The van der Waals surface area contributed by atoms with E-state index in [2.05, 4.69) is 0 Å². The number of aldehydes is 1. The summed E-state index contributed by atoms with van der Waals surface area (Å²) in [6.07, 6.45) is 0.500. The molecule has 0 radical (unpaired) electrons. The molecular weight excluding hydrogens is 332 g/mol. The Hall–Kier alpha value is -2.47. The van der Waals surface area contributed by atoms with E-state index in [-0.39, 0.29) is 6.10 Å². The van der Waals surface area contributed by atoms with Crippen molar-refractivity contribution < 1.29 is 23.7 Å². The molecule has 4 atom stereocenters. The fourth-order valence-electron chi connectivity index (χ4n) is 3.18. The van der Waals surface area contributed by atoms with E-state index in [0.29, 0.717) is 18.8 Å². The van der Waals surface area contributed by atoms with Crippen LogP contribution in [0.1, 0.15) is 17.4 Å². The maximum absolute atomic E-state index is 11.5. The van der Waals surface area contributed by atoms with Crippen LogP contribution in [0.3, 0.4) is 0 Å². The van der Waals surface area contributed by atoms with Crippen LogP contribution >= 0.6 is 0 Å². The minimum Gasteiger partial charge on any atom is -0.492 e. The molecule has 5 nitrogen and oxygen atoms in total. The van der Waals surface area contributed by atoms with Crippen molar-refractivity contribution in [1.82, 2.24) is 0 Å². The van der Waals surface area contributed by atoms with E-state index in [1.165, 1.54) is 6.26 Å². The van der Waals surface area contributed by atoms with Crippen LogP contribution in [0, 0.1) is 0 Å². The van der Waals surface area contributed by atoms with Gasteiger partial charge in [0.2, 0.25) is 0 Å². The molecule has 0 spiro atoms. The van der Waals surface area contributed by atoms with Crippen LogP contribution in [0.5, 0.6) is 0 Å². The van der Waals surface area contributed by atoms with Gasteiger partial charge in [-0.2, -0.15) is 0 Å². The average Bonchev–Trinajstić information content (AvgIpc) is 2.73. The van der Waals surface area contributed by atoms with E-state index in [1.807, 2.05) is 60.7 Å². The Labute approximate surface area is 152 Å². The molecule has 0 N–H and O–H groups in total. The zero-order valence-corrected chi connectivity index (χ0v) is 14.2. The van der Waals surface area contributed by atoms with Gasteiger partial charge in [-0.1, -0.05) is 60.7 Å². The summed E-state index contributed by atoms with van der Waals surface area (Å²) < 4.78 is 23.6. The predicted octanol–water partition coefficient (Wildman–Crippen LogP) is 3.17. The molecule has 0 bridgehead atoms. The topological polar surface area (TPSA) is 54.0 Å². The van der Waals surface area contributed by atoms with Gasteiger partial charge in [0, 0.05) is 5.56 Å². The van der Waals surface area contributed by atoms with Crippen LogP contribution in [-0.4, -0.2) is 31.2 Å². The predicted molar refractivity (Wildman–Crippen MR) is 94.0 cm³/mol. The molecule has 0 saturated carbocycles. The smallest absolute Gasteiger partial charge is 0.184 e. The maximum Gasteiger partial charge on any atom is 0.184 e. The normalized spacial score (nSPS) is 27.8. The molecule has 2 aromatic carbocycles. The van der Waals surface area contributed by atoms with Crippen LogP contribution in [0.2, 0.25) is 0 Å². The van der Waals surface area contributed by atoms with Crippen molar-refractivity contribution in [3.05, 3.63) is 83.6 Å². The van der Waals surface area contributed by atoms with Crippen LogP contribution in [0.15, 0.2) is 72.5 Å². The third kappa shape index (κ3) is 3.55. The number of hydrogen-bond donors (Lipinski definition) is 0. The monoisotopic (exact) mass is 352 g/mol. The van der Waals surface area contributed by atoms with Crippen LogP contribution in [0.4, 0.5) is 0 Å². The number of hydrogen-bond acceptors (Lipinski definition) is 5. The molecule has 5 heteroatoms. The molecule has 2 aliphatic heterocycles. The van der Waals surface area contributed by atoms with Crippen LogP contribution in [0.25, 0.3) is 0 Å². The van der Waals surface area contributed by atoms with Gasteiger partial charge in [-0.05, 0) is 5.56 Å². The Morgan fingerprint density at radius 1 is 1.04 bits per heavy atom. The summed E-state index contributed by atoms with van der Waals surface area (Å²) in [7, 11) is 0. The third-order valence-electron chi connectivity index (χ3n) is 4.55. The summed E-state index contributed by atoms with van der Waals surface area (Å²) >= 11 is 0. The number of carbonyl (C=O) groups is 1. The highest BCUT2D eigenvalue weighted by Gasteiger charge is 2.43. The number of rotatable bonds is 5. The van der Waals surface area contributed by atoms with Gasteiger partial charge < -0.3 is 18.9 Å². The van der Waals surface area contributed by atoms with Gasteiger partial charge in [-0.25, -0.2) is 0 Å². The first-order valence-electron chi connectivity index (χ1n) is 8.63. The molecule has 2 aromatic rings. The van der Waals surface area contributed by atoms with Crippen LogP contribution < -0.4 is 0 Å². The van der Waals surface area contributed by atoms with Gasteiger partial charge in [-0.15, -0.1) is 0 Å². The highest BCUT2D eigenvalue weighted by atomic mass is 16.7. The number of fused-ring (bicyclic) bond motifs is 1. The van der Waals surface area contributed by atoms with E-state index in [9.17, 15) is 4.79 Å². The van der Waals surface area contributed by atoms with Gasteiger partial charge in [0.25, 0.3) is 0 Å². The molecule has 26 heavy (non-hydrogen) atoms. The van der Waals surface area contributed by atoms with Gasteiger partial charge in [0.1, 0.15) is 12.2 Å². The summed E-state index contributed by atoms with van der Waals surface area (Å²) in [4.78, 5) is 11.5. The highest BCUT2D eigenvalue weighted by Crippen LogP contribution is 2.34. The van der Waals surface area contributed by atoms with Gasteiger partial charge >= 0.3 is 0 Å². The number of benzene rings is 2. The van der Waals surface area contributed by atoms with E-state index in [0.717, 1.165) is 17.4 Å². The second kappa shape index (κ2) is 7.83. The molecule has 0 amide bonds. The number of carbonyl (C=O) groups excluding carboxylic acids is 1. The highest BCUT2D eigenvalue weighted by molar-refractivity contribution is 5.75. The van der Waals surface area contributed by atoms with E-state index >= 15 is 0 Å². The Morgan fingerprint density at radius 2 is 1.77 bits per heavy atom. The minimum absolute atomic E-state index is 0.306. The standard InChI is InChI=1S/C21H20O5/c22-11-17-13-23-18-14-25-21(16-9-5-2-6-10-16)26-20(18)19(17)24-12-15-7-3-1-4-8-15/h1-11,13,18-21H,12,14H2/t18-,19-,20-,21-/m1/s1. The zero-order valence-electron chi connectivity index (χ0n) is 14.2. The summed E-state index contributed by atoms with van der Waals surface area (Å²) in [5.41, 5.74) is 2.40. The first-order valence-corrected chi connectivity index (χ1v) is 8.63. The van der Waals surface area contributed by atoms with Gasteiger partial charge in [0.05, 0.1) is 25.0 Å². The molecule has 0 aromatic heterocycles. The van der Waals surface area contributed by atoms with Crippen molar-refractivity contribution in [3.8, 4) is 0 Å². The molecule has 2 heterocycles. The van der Waals surface area contributed by atoms with Gasteiger partial charge in [-0.3, -0.25) is 4.79 Å². The molecule has 0 aliphatic carbocycles. The first-order chi connectivity index (χ1) is 12.8. The maximum atomic E-state index is 11.5. The SMILES string of the molecule is O=CC1=CO[C@@H]2CO[C@@H](c3ccccc3)O[C@H]2[C@@H]1OCc1ccccc1. The Bertz CT molecular complexity index is 758. The van der Waals surface area contributed by atoms with Gasteiger partial charge in [0.15, 0.2) is 18.7 Å². The second-order valence-electron chi connectivity index (χ2n) is 6.30. The lowest BCUT2D eigenvalue weighted by molar-refractivity contribution is -0.282. The average molecular weight is 352 g/mol. The van der Waals surface area contributed by atoms with Crippen molar-refractivity contribution in [2.45, 2.75) is 31.2 Å². The minimum atomic E-state index is -0.505.